The molecule has 0 saturated carbocycles. The van der Waals surface area contributed by atoms with Crippen LogP contribution in [0.3, 0.4) is 0 Å². The minimum Gasteiger partial charge on any atom is -0.480 e. The number of aliphatic hydroxyl groups excluding tert-OH is 1. The molecule has 1 aliphatic rings. The molecule has 3 aromatic rings. The number of benzene rings is 2. The Morgan fingerprint density at radius 1 is 1.09 bits per heavy atom. The fraction of sp³-hybridized carbons (Fsp3) is 0.250. The van der Waals surface area contributed by atoms with E-state index in [2.05, 4.69) is 10.4 Å². The Morgan fingerprint density at radius 3 is 2.29 bits per heavy atom. The zero-order valence-corrected chi connectivity index (χ0v) is 18.5. The second-order valence-electron chi connectivity index (χ2n) is 7.83. The van der Waals surface area contributed by atoms with Gasteiger partial charge in [-0.25, -0.2) is 4.79 Å². The minimum absolute atomic E-state index is 0.0638. The molecule has 4 rings (SSSR count). The third-order valence-corrected chi connectivity index (χ3v) is 5.66. The summed E-state index contributed by atoms with van der Waals surface area (Å²) in [5.41, 5.74) is 4.36. The maximum absolute atomic E-state index is 12.6. The zero-order valence-electron chi connectivity index (χ0n) is 18.5. The van der Waals surface area contributed by atoms with Crippen molar-refractivity contribution in [3.05, 3.63) is 71.4 Å². The van der Waals surface area contributed by atoms with E-state index in [1.165, 1.54) is 17.8 Å². The fourth-order valence-electron chi connectivity index (χ4n) is 4.13. The maximum Gasteiger partial charge on any atom is 0.412 e. The molecule has 0 bridgehead atoms. The van der Waals surface area contributed by atoms with E-state index in [4.69, 9.17) is 14.9 Å². The molecule has 2 aromatic carbocycles. The molecule has 176 valence electrons. The highest BCUT2D eigenvalue weighted by Crippen LogP contribution is 2.44. The van der Waals surface area contributed by atoms with Crippen LogP contribution in [-0.4, -0.2) is 69.2 Å². The smallest absolute Gasteiger partial charge is 0.412 e. The maximum atomic E-state index is 12.6. The molecule has 3 N–H and O–H groups in total. The molecule has 0 unspecified atom stereocenters. The first-order chi connectivity index (χ1) is 16.4. The van der Waals surface area contributed by atoms with Crippen molar-refractivity contribution in [2.45, 2.75) is 5.92 Å². The average molecular weight is 464 g/mol. The largest absolute Gasteiger partial charge is 0.480 e. The number of carbonyl (C=O) groups excluding carboxylic acids is 2. The third kappa shape index (κ3) is 4.62. The number of anilines is 1. The van der Waals surface area contributed by atoms with Crippen LogP contribution in [0, 0.1) is 0 Å². The van der Waals surface area contributed by atoms with Crippen LogP contribution in [0.4, 0.5) is 10.6 Å². The number of aliphatic hydroxyl groups is 1. The molecule has 34 heavy (non-hydrogen) atoms. The number of hydrogen-bond donors (Lipinski definition) is 3. The Kier molecular flexibility index (Phi) is 6.60. The van der Waals surface area contributed by atoms with E-state index in [-0.39, 0.29) is 30.6 Å². The van der Waals surface area contributed by atoms with Crippen LogP contribution in [-0.2, 0) is 16.6 Å². The van der Waals surface area contributed by atoms with Gasteiger partial charge in [-0.05, 0) is 22.3 Å². The van der Waals surface area contributed by atoms with Crippen LogP contribution >= 0.6 is 0 Å². The second-order valence-corrected chi connectivity index (χ2v) is 7.83. The summed E-state index contributed by atoms with van der Waals surface area (Å²) in [6, 6.07) is 17.3. The average Bonchev–Trinajstić information content (AvgIpc) is 3.34. The van der Waals surface area contributed by atoms with E-state index < -0.39 is 31.1 Å². The summed E-state index contributed by atoms with van der Waals surface area (Å²) in [6.07, 6.45) is -0.707. The van der Waals surface area contributed by atoms with Crippen molar-refractivity contribution in [3.63, 3.8) is 0 Å². The Balaban J connectivity index is 1.43. The van der Waals surface area contributed by atoms with E-state index in [9.17, 15) is 14.4 Å². The molecule has 0 atom stereocenters. The number of amides is 2. The molecule has 10 nitrogen and oxygen atoms in total. The molecule has 0 fully saturated rings. The van der Waals surface area contributed by atoms with Crippen LogP contribution < -0.4 is 5.32 Å². The molecule has 1 heterocycles. The number of fused-ring (bicyclic) bond motifs is 3. The summed E-state index contributed by atoms with van der Waals surface area (Å²) < 4.78 is 6.79. The normalized spacial score (nSPS) is 12.1. The lowest BCUT2D eigenvalue weighted by atomic mass is 9.98. The highest BCUT2D eigenvalue weighted by molar-refractivity contribution is 5.95. The number of rotatable bonds is 8. The number of carboxylic acid groups (broad SMARTS) is 1. The monoisotopic (exact) mass is 464 g/mol. The topological polar surface area (TPSA) is 134 Å². The predicted octanol–water partition coefficient (Wildman–Crippen LogP) is 2.30. The van der Waals surface area contributed by atoms with Gasteiger partial charge in [-0.1, -0.05) is 48.5 Å². The first-order valence-corrected chi connectivity index (χ1v) is 10.7. The van der Waals surface area contributed by atoms with Gasteiger partial charge in [0.15, 0.2) is 5.69 Å². The van der Waals surface area contributed by atoms with Gasteiger partial charge in [-0.2, -0.15) is 5.10 Å². The van der Waals surface area contributed by atoms with E-state index in [0.29, 0.717) is 0 Å². The van der Waals surface area contributed by atoms with Gasteiger partial charge in [-0.15, -0.1) is 0 Å². The van der Waals surface area contributed by atoms with Crippen molar-refractivity contribution in [3.8, 4) is 11.1 Å². The van der Waals surface area contributed by atoms with Gasteiger partial charge in [-0.3, -0.25) is 19.6 Å². The standard InChI is InChI=1S/C24H24N4O6/c1-27-21(12-20(26-27)23(32)28(10-11-29)13-22(30)31)25-24(33)34-14-19-17-8-4-2-6-15(17)16-7-3-5-9-18(16)19/h2-9,12,19,29H,10-11,13-14H2,1H3,(H,25,33)(H,30,31). The van der Waals surface area contributed by atoms with E-state index in [0.717, 1.165) is 27.2 Å². The minimum atomic E-state index is -1.21. The van der Waals surface area contributed by atoms with Crippen molar-refractivity contribution in [2.75, 3.05) is 31.6 Å². The summed E-state index contributed by atoms with van der Waals surface area (Å²) in [5.74, 6) is -1.77. The number of carboxylic acids is 1. The lowest BCUT2D eigenvalue weighted by Crippen LogP contribution is -2.38. The van der Waals surface area contributed by atoms with Gasteiger partial charge >= 0.3 is 12.1 Å². The number of aliphatic carboxylic acids is 1. The molecule has 0 spiro atoms. The van der Waals surface area contributed by atoms with Crippen LogP contribution in [0.1, 0.15) is 27.5 Å². The van der Waals surface area contributed by atoms with Crippen LogP contribution in [0.25, 0.3) is 11.1 Å². The Labute approximate surface area is 195 Å². The summed E-state index contributed by atoms with van der Waals surface area (Å²) in [5, 5.41) is 24.7. The molecule has 0 saturated heterocycles. The molecule has 0 aliphatic heterocycles. The van der Waals surface area contributed by atoms with Gasteiger partial charge in [0.05, 0.1) is 6.61 Å². The SMILES string of the molecule is Cn1nc(C(=O)N(CCO)CC(=O)O)cc1NC(=O)OCC1c2ccccc2-c2ccccc21. The Morgan fingerprint density at radius 2 is 1.71 bits per heavy atom. The first-order valence-electron chi connectivity index (χ1n) is 10.7. The van der Waals surface area contributed by atoms with Crippen LogP contribution in [0.5, 0.6) is 0 Å². The number of hydrogen-bond acceptors (Lipinski definition) is 6. The molecule has 2 amide bonds. The van der Waals surface area contributed by atoms with Crippen molar-refractivity contribution >= 4 is 23.8 Å². The van der Waals surface area contributed by atoms with Crippen molar-refractivity contribution in [2.24, 2.45) is 7.05 Å². The van der Waals surface area contributed by atoms with Gasteiger partial charge in [0, 0.05) is 25.6 Å². The lowest BCUT2D eigenvalue weighted by molar-refractivity contribution is -0.137. The number of nitrogens with one attached hydrogen (secondary N) is 1. The zero-order chi connectivity index (χ0) is 24.2. The second kappa shape index (κ2) is 9.75. The summed E-state index contributed by atoms with van der Waals surface area (Å²) in [6.45, 7) is -0.995. The first kappa shape index (κ1) is 23.0. The number of nitrogens with zero attached hydrogens (tertiary/aromatic N) is 3. The van der Waals surface area contributed by atoms with Gasteiger partial charge in [0.25, 0.3) is 5.91 Å². The molecular weight excluding hydrogens is 440 g/mol. The number of aromatic nitrogens is 2. The number of aryl methyl sites for hydroxylation is 1. The Bertz CT molecular complexity index is 1190. The van der Waals surface area contributed by atoms with Gasteiger partial charge in [0.1, 0.15) is 19.0 Å². The molecule has 1 aliphatic carbocycles. The fourth-order valence-corrected chi connectivity index (χ4v) is 4.13. The van der Waals surface area contributed by atoms with E-state index in [1.807, 2.05) is 48.5 Å². The highest BCUT2D eigenvalue weighted by atomic mass is 16.5. The van der Waals surface area contributed by atoms with Gasteiger partial charge in [0.2, 0.25) is 0 Å². The summed E-state index contributed by atoms with van der Waals surface area (Å²) in [4.78, 5) is 37.1. The van der Waals surface area contributed by atoms with Gasteiger partial charge < -0.3 is 19.8 Å². The van der Waals surface area contributed by atoms with Crippen molar-refractivity contribution < 1.29 is 29.3 Å². The van der Waals surface area contributed by atoms with Crippen LogP contribution in [0.2, 0.25) is 0 Å². The molecule has 0 radical (unpaired) electrons. The lowest BCUT2D eigenvalue weighted by Gasteiger charge is -2.17. The third-order valence-electron chi connectivity index (χ3n) is 5.66. The molecule has 10 heteroatoms. The predicted molar refractivity (Wildman–Crippen MR) is 123 cm³/mol. The summed E-state index contributed by atoms with van der Waals surface area (Å²) >= 11 is 0. The van der Waals surface area contributed by atoms with E-state index in [1.54, 1.807) is 0 Å². The molecule has 1 aromatic heterocycles. The highest BCUT2D eigenvalue weighted by Gasteiger charge is 2.29. The molecular formula is C24H24N4O6. The van der Waals surface area contributed by atoms with Crippen LogP contribution in [0.15, 0.2) is 54.6 Å². The van der Waals surface area contributed by atoms with E-state index >= 15 is 0 Å². The van der Waals surface area contributed by atoms with Crippen molar-refractivity contribution in [1.29, 1.82) is 0 Å². The number of ether oxygens (including phenoxy) is 1. The summed E-state index contributed by atoms with van der Waals surface area (Å²) in [7, 11) is 1.53. The number of carbonyl (C=O) groups is 3. The van der Waals surface area contributed by atoms with Crippen molar-refractivity contribution in [1.82, 2.24) is 14.7 Å². The Hall–Kier alpha value is -4.18. The quantitative estimate of drug-likeness (QED) is 0.466.